The second-order valence-corrected chi connectivity index (χ2v) is 6.30. The molecule has 5 N–H and O–H groups in total. The molecule has 6 heteroatoms. The number of hydrogen-bond acceptors (Lipinski definition) is 6. The van der Waals surface area contributed by atoms with Crippen molar-refractivity contribution < 1.29 is 25.5 Å². The Morgan fingerprint density at radius 2 is 1.36 bits per heavy atom. The second-order valence-electron chi connectivity index (χ2n) is 6.30. The molecule has 0 amide bonds. The third-order valence-electron chi connectivity index (χ3n) is 4.03. The van der Waals surface area contributed by atoms with Crippen LogP contribution in [0.1, 0.15) is 52.9 Å². The van der Waals surface area contributed by atoms with E-state index in [1.165, 1.54) is 19.3 Å². The maximum absolute atomic E-state index is 10.0. The van der Waals surface area contributed by atoms with Crippen molar-refractivity contribution in [1.29, 1.82) is 0 Å². The van der Waals surface area contributed by atoms with E-state index < -0.39 is 31.0 Å². The number of rotatable bonds is 13. The highest BCUT2D eigenvalue weighted by Gasteiger charge is 2.31. The molecule has 0 aromatic carbocycles. The molecule has 0 rings (SSSR count). The average Bonchev–Trinajstić information content (AvgIpc) is 2.50. The topological polar surface area (TPSA) is 104 Å². The highest BCUT2D eigenvalue weighted by Crippen LogP contribution is 2.11. The van der Waals surface area contributed by atoms with Crippen LogP contribution in [0.3, 0.4) is 0 Å². The van der Waals surface area contributed by atoms with Crippen LogP contribution in [-0.2, 0) is 0 Å². The molecular formula is C16H35NO5. The van der Waals surface area contributed by atoms with Gasteiger partial charge in [0.2, 0.25) is 0 Å². The molecule has 0 aliphatic heterocycles. The Labute approximate surface area is 134 Å². The summed E-state index contributed by atoms with van der Waals surface area (Å²) in [5.41, 5.74) is 0. The third kappa shape index (κ3) is 8.41. The van der Waals surface area contributed by atoms with Crippen LogP contribution >= 0.6 is 0 Å². The van der Waals surface area contributed by atoms with Gasteiger partial charge in [-0.2, -0.15) is 0 Å². The monoisotopic (exact) mass is 321 g/mol. The SMILES string of the molecule is CCCCCCCN(C[C@H](O)[C@@H](O)[C@H](O)[C@H](O)CO)C(C)C. The lowest BCUT2D eigenvalue weighted by atomic mass is 10.0. The predicted octanol–water partition coefficient (Wildman–Crippen LogP) is 0.103. The number of nitrogens with zero attached hydrogens (tertiary/aromatic N) is 1. The predicted molar refractivity (Wildman–Crippen MR) is 86.6 cm³/mol. The molecule has 0 aliphatic carbocycles. The van der Waals surface area contributed by atoms with Crippen molar-refractivity contribution in [2.24, 2.45) is 0 Å². The van der Waals surface area contributed by atoms with Gasteiger partial charge in [0.1, 0.15) is 18.3 Å². The molecule has 0 saturated carbocycles. The fraction of sp³-hybridized carbons (Fsp3) is 1.00. The molecule has 134 valence electrons. The zero-order chi connectivity index (χ0) is 17.1. The highest BCUT2D eigenvalue weighted by atomic mass is 16.4. The highest BCUT2D eigenvalue weighted by molar-refractivity contribution is 4.83. The Bertz CT molecular complexity index is 265. The fourth-order valence-electron chi connectivity index (χ4n) is 2.39. The lowest BCUT2D eigenvalue weighted by Gasteiger charge is -2.32. The number of hydrogen-bond donors (Lipinski definition) is 5. The van der Waals surface area contributed by atoms with Crippen molar-refractivity contribution in [2.45, 2.75) is 83.3 Å². The van der Waals surface area contributed by atoms with E-state index in [1.807, 2.05) is 13.8 Å². The molecule has 0 fully saturated rings. The summed E-state index contributed by atoms with van der Waals surface area (Å²) in [6, 6.07) is 0.216. The summed E-state index contributed by atoms with van der Waals surface area (Å²) in [6.07, 6.45) is 0.139. The number of unbranched alkanes of at least 4 members (excludes halogenated alkanes) is 4. The van der Waals surface area contributed by atoms with Gasteiger partial charge in [-0.25, -0.2) is 0 Å². The Balaban J connectivity index is 4.30. The quantitative estimate of drug-likeness (QED) is 0.308. The van der Waals surface area contributed by atoms with Gasteiger partial charge in [0.15, 0.2) is 0 Å². The van der Waals surface area contributed by atoms with Gasteiger partial charge >= 0.3 is 0 Å². The van der Waals surface area contributed by atoms with E-state index >= 15 is 0 Å². The number of aliphatic hydroxyl groups excluding tert-OH is 5. The van der Waals surface area contributed by atoms with Crippen LogP contribution in [0, 0.1) is 0 Å². The fourth-order valence-corrected chi connectivity index (χ4v) is 2.39. The summed E-state index contributed by atoms with van der Waals surface area (Å²) >= 11 is 0. The maximum atomic E-state index is 10.0. The van der Waals surface area contributed by atoms with Crippen molar-refractivity contribution >= 4 is 0 Å². The molecule has 0 aliphatic rings. The van der Waals surface area contributed by atoms with E-state index in [-0.39, 0.29) is 12.6 Å². The summed E-state index contributed by atoms with van der Waals surface area (Å²) in [5, 5.41) is 47.7. The van der Waals surface area contributed by atoms with Crippen molar-refractivity contribution in [3.8, 4) is 0 Å². The Kier molecular flexibility index (Phi) is 12.1. The minimum atomic E-state index is -1.56. The zero-order valence-electron chi connectivity index (χ0n) is 14.2. The van der Waals surface area contributed by atoms with E-state index in [2.05, 4.69) is 11.8 Å². The molecule has 0 heterocycles. The van der Waals surface area contributed by atoms with Crippen LogP contribution in [0.4, 0.5) is 0 Å². The van der Waals surface area contributed by atoms with Crippen LogP contribution in [0.25, 0.3) is 0 Å². The first kappa shape index (κ1) is 21.8. The Hall–Kier alpha value is -0.240. The van der Waals surface area contributed by atoms with Crippen LogP contribution in [0.5, 0.6) is 0 Å². The minimum absolute atomic E-state index is 0.216. The lowest BCUT2D eigenvalue weighted by Crippen LogP contribution is -2.50. The smallest absolute Gasteiger partial charge is 0.111 e. The third-order valence-corrected chi connectivity index (χ3v) is 4.03. The summed E-state index contributed by atoms with van der Waals surface area (Å²) in [5.74, 6) is 0. The van der Waals surface area contributed by atoms with Crippen molar-refractivity contribution in [2.75, 3.05) is 19.7 Å². The molecule has 0 spiro atoms. The molecule has 0 aromatic heterocycles. The van der Waals surface area contributed by atoms with Crippen LogP contribution in [-0.4, -0.2) is 80.6 Å². The van der Waals surface area contributed by atoms with Gasteiger partial charge in [-0.15, -0.1) is 0 Å². The van der Waals surface area contributed by atoms with E-state index in [0.29, 0.717) is 0 Å². The number of aliphatic hydroxyl groups is 5. The van der Waals surface area contributed by atoms with Crippen molar-refractivity contribution in [1.82, 2.24) is 4.90 Å². The van der Waals surface area contributed by atoms with E-state index in [0.717, 1.165) is 19.4 Å². The van der Waals surface area contributed by atoms with Crippen LogP contribution in [0.2, 0.25) is 0 Å². The average molecular weight is 321 g/mol. The minimum Gasteiger partial charge on any atom is -0.394 e. The summed E-state index contributed by atoms with van der Waals surface area (Å²) in [6.45, 7) is 6.60. The molecular weight excluding hydrogens is 286 g/mol. The normalized spacial score (nSPS) is 17.7. The van der Waals surface area contributed by atoms with Gasteiger partial charge in [0, 0.05) is 12.6 Å². The summed E-state index contributed by atoms with van der Waals surface area (Å²) < 4.78 is 0. The van der Waals surface area contributed by atoms with Crippen LogP contribution < -0.4 is 0 Å². The first-order valence-electron chi connectivity index (χ1n) is 8.42. The standard InChI is InChI=1S/C16H35NO5/c1-4-5-6-7-8-9-17(12(2)3)10-13(19)15(21)16(22)14(20)11-18/h12-16,18-22H,4-11H2,1-3H3/t13-,14+,15+,16+/m0/s1. The summed E-state index contributed by atoms with van der Waals surface area (Å²) in [4.78, 5) is 2.05. The largest absolute Gasteiger partial charge is 0.394 e. The van der Waals surface area contributed by atoms with Gasteiger partial charge in [-0.05, 0) is 26.8 Å². The Morgan fingerprint density at radius 1 is 0.818 bits per heavy atom. The Morgan fingerprint density at radius 3 is 1.86 bits per heavy atom. The first-order chi connectivity index (χ1) is 10.3. The summed E-state index contributed by atoms with van der Waals surface area (Å²) in [7, 11) is 0. The first-order valence-corrected chi connectivity index (χ1v) is 8.42. The second kappa shape index (κ2) is 12.2. The molecule has 0 radical (unpaired) electrons. The molecule has 22 heavy (non-hydrogen) atoms. The lowest BCUT2D eigenvalue weighted by molar-refractivity contribution is -0.120. The van der Waals surface area contributed by atoms with Crippen molar-refractivity contribution in [3.63, 3.8) is 0 Å². The molecule has 0 aromatic rings. The molecule has 6 nitrogen and oxygen atoms in total. The van der Waals surface area contributed by atoms with Gasteiger partial charge in [-0.1, -0.05) is 32.6 Å². The maximum Gasteiger partial charge on any atom is 0.111 e. The van der Waals surface area contributed by atoms with E-state index in [9.17, 15) is 20.4 Å². The molecule has 0 bridgehead atoms. The van der Waals surface area contributed by atoms with Gasteiger partial charge in [-0.3, -0.25) is 4.90 Å². The molecule has 4 atom stereocenters. The molecule has 0 saturated heterocycles. The van der Waals surface area contributed by atoms with Gasteiger partial charge < -0.3 is 25.5 Å². The van der Waals surface area contributed by atoms with E-state index in [4.69, 9.17) is 5.11 Å². The van der Waals surface area contributed by atoms with E-state index in [1.54, 1.807) is 0 Å². The van der Waals surface area contributed by atoms with Crippen molar-refractivity contribution in [3.05, 3.63) is 0 Å². The van der Waals surface area contributed by atoms with Gasteiger partial charge in [0.25, 0.3) is 0 Å². The van der Waals surface area contributed by atoms with Gasteiger partial charge in [0.05, 0.1) is 12.7 Å². The zero-order valence-corrected chi connectivity index (χ0v) is 14.2. The molecule has 0 unspecified atom stereocenters. The van der Waals surface area contributed by atoms with Crippen LogP contribution in [0.15, 0.2) is 0 Å².